The Hall–Kier alpha value is -0.620. The van der Waals surface area contributed by atoms with Crippen molar-refractivity contribution >= 4 is 39.4 Å². The van der Waals surface area contributed by atoms with Crippen molar-refractivity contribution in [3.05, 3.63) is 26.7 Å². The lowest BCUT2D eigenvalue weighted by Gasteiger charge is -2.26. The average molecular weight is 376 g/mol. The molecule has 1 fully saturated rings. The molecule has 6 heteroatoms. The molecule has 0 aliphatic carbocycles. The first kappa shape index (κ1) is 16.7. The van der Waals surface area contributed by atoms with Crippen LogP contribution in [-0.4, -0.2) is 30.8 Å². The van der Waals surface area contributed by atoms with E-state index in [1.54, 1.807) is 0 Å². The van der Waals surface area contributed by atoms with Crippen LogP contribution in [0.2, 0.25) is 5.02 Å². The third-order valence-electron chi connectivity index (χ3n) is 3.58. The fourth-order valence-corrected chi connectivity index (χ4v) is 3.60. The van der Waals surface area contributed by atoms with E-state index in [0.29, 0.717) is 17.9 Å². The predicted octanol–water partition coefficient (Wildman–Crippen LogP) is 3.96. The molecule has 1 aliphatic rings. The average Bonchev–Trinajstić information content (AvgIpc) is 2.48. The highest BCUT2D eigenvalue weighted by atomic mass is 79.9. The molecule has 1 saturated heterocycles. The minimum Gasteiger partial charge on any atom is -0.396 e. The van der Waals surface area contributed by atoms with E-state index in [-0.39, 0.29) is 12.8 Å². The van der Waals surface area contributed by atoms with E-state index in [1.165, 1.54) is 6.21 Å². The van der Waals surface area contributed by atoms with Crippen molar-refractivity contribution in [1.82, 2.24) is 0 Å². The summed E-state index contributed by atoms with van der Waals surface area (Å²) in [6, 6.07) is 1.84. The van der Waals surface area contributed by atoms with Crippen molar-refractivity contribution in [2.45, 2.75) is 38.3 Å². The van der Waals surface area contributed by atoms with Crippen molar-refractivity contribution in [3.8, 4) is 0 Å². The van der Waals surface area contributed by atoms with E-state index >= 15 is 0 Å². The van der Waals surface area contributed by atoms with Crippen LogP contribution in [0.5, 0.6) is 0 Å². The van der Waals surface area contributed by atoms with Gasteiger partial charge in [0, 0.05) is 40.2 Å². The van der Waals surface area contributed by atoms with Crippen molar-refractivity contribution in [2.24, 2.45) is 0 Å². The summed E-state index contributed by atoms with van der Waals surface area (Å²) in [6.45, 7) is 0.889. The number of rotatable bonds is 6. The van der Waals surface area contributed by atoms with Crippen molar-refractivity contribution < 1.29 is 9.84 Å². The number of halogens is 2. The summed E-state index contributed by atoms with van der Waals surface area (Å²) in [5.41, 5.74) is 2.50. The number of aliphatic hydroxyl groups excluding tert-OH is 1. The summed E-state index contributed by atoms with van der Waals surface area (Å²) in [5.74, 6) is 0. The van der Waals surface area contributed by atoms with Crippen LogP contribution in [0.4, 0.5) is 5.69 Å². The third kappa shape index (κ3) is 4.19. The molecule has 1 heterocycles. The maximum Gasteiger partial charge on any atom is 0.127 e. The normalized spacial score (nSPS) is 18.5. The first-order valence-corrected chi connectivity index (χ1v) is 8.34. The van der Waals surface area contributed by atoms with E-state index in [0.717, 1.165) is 47.2 Å². The molecular weight excluding hydrogens is 356 g/mol. The second-order valence-corrected chi connectivity index (χ2v) is 6.28. The summed E-state index contributed by atoms with van der Waals surface area (Å²) in [6.07, 6.45) is 5.81. The standard InChI is InChI=1S/C15H20BrClN2O2/c16-15-10(4-3-6-20)12(17)8-13(11(15)9-18)19-14-5-1-2-7-21-14/h8-9,14,18-20H,1-7H2. The Balaban J connectivity index is 2.26. The molecule has 1 aliphatic heterocycles. The van der Waals surface area contributed by atoms with E-state index in [4.69, 9.17) is 26.9 Å². The fraction of sp³-hybridized carbons (Fsp3) is 0.533. The molecule has 4 nitrogen and oxygen atoms in total. The first-order valence-electron chi connectivity index (χ1n) is 7.17. The Morgan fingerprint density at radius 3 is 2.95 bits per heavy atom. The molecule has 0 saturated carbocycles. The van der Waals surface area contributed by atoms with Gasteiger partial charge in [0.2, 0.25) is 0 Å². The van der Waals surface area contributed by atoms with E-state index in [9.17, 15) is 0 Å². The molecule has 0 aromatic heterocycles. The van der Waals surface area contributed by atoms with Gasteiger partial charge in [0.05, 0.1) is 0 Å². The summed E-state index contributed by atoms with van der Waals surface area (Å²) in [5, 5.41) is 20.6. The zero-order valence-corrected chi connectivity index (χ0v) is 14.1. The molecular formula is C15H20BrClN2O2. The highest BCUT2D eigenvalue weighted by Gasteiger charge is 2.18. The van der Waals surface area contributed by atoms with Gasteiger partial charge < -0.3 is 20.6 Å². The van der Waals surface area contributed by atoms with E-state index < -0.39 is 0 Å². The highest BCUT2D eigenvalue weighted by molar-refractivity contribution is 9.10. The van der Waals surface area contributed by atoms with Crippen LogP contribution < -0.4 is 5.32 Å². The quantitative estimate of drug-likeness (QED) is 0.659. The van der Waals surface area contributed by atoms with E-state index in [2.05, 4.69) is 21.2 Å². The highest BCUT2D eigenvalue weighted by Crippen LogP contribution is 2.35. The number of nitrogens with one attached hydrogen (secondary N) is 2. The zero-order valence-electron chi connectivity index (χ0n) is 11.8. The number of benzene rings is 1. The third-order valence-corrected chi connectivity index (χ3v) is 4.82. The molecule has 1 aromatic carbocycles. The van der Waals surface area contributed by atoms with Crippen molar-refractivity contribution in [3.63, 3.8) is 0 Å². The molecule has 116 valence electrons. The molecule has 2 rings (SSSR count). The first-order chi connectivity index (χ1) is 10.2. The number of hydrogen-bond acceptors (Lipinski definition) is 4. The van der Waals surface area contributed by atoms with Crippen molar-refractivity contribution in [1.29, 1.82) is 5.41 Å². The Morgan fingerprint density at radius 1 is 1.52 bits per heavy atom. The van der Waals surface area contributed by atoms with Gasteiger partial charge >= 0.3 is 0 Å². The Labute approximate surface area is 138 Å². The second kappa shape index (κ2) is 8.13. The van der Waals surface area contributed by atoms with Crippen LogP contribution in [0.25, 0.3) is 0 Å². The summed E-state index contributed by atoms with van der Waals surface area (Å²) in [4.78, 5) is 0. The second-order valence-electron chi connectivity index (χ2n) is 5.08. The van der Waals surface area contributed by atoms with Gasteiger partial charge in [-0.2, -0.15) is 0 Å². The Bertz CT molecular complexity index is 505. The van der Waals surface area contributed by atoms with Gasteiger partial charge in [-0.05, 0) is 59.7 Å². The van der Waals surface area contributed by atoms with Crippen LogP contribution in [0.1, 0.15) is 36.8 Å². The summed E-state index contributed by atoms with van der Waals surface area (Å²) >= 11 is 9.89. The molecule has 1 unspecified atom stereocenters. The molecule has 0 radical (unpaired) electrons. The minimum absolute atomic E-state index is 0.0243. The maximum absolute atomic E-state index is 8.97. The molecule has 21 heavy (non-hydrogen) atoms. The predicted molar refractivity (Wildman–Crippen MR) is 89.7 cm³/mol. The molecule has 0 amide bonds. The number of anilines is 1. The van der Waals surface area contributed by atoms with Crippen LogP contribution in [-0.2, 0) is 11.2 Å². The summed E-state index contributed by atoms with van der Waals surface area (Å²) < 4.78 is 6.50. The van der Waals surface area contributed by atoms with Gasteiger partial charge in [0.25, 0.3) is 0 Å². The molecule has 0 bridgehead atoms. The van der Waals surface area contributed by atoms with Crippen molar-refractivity contribution in [2.75, 3.05) is 18.5 Å². The summed E-state index contributed by atoms with van der Waals surface area (Å²) in [7, 11) is 0. The van der Waals surface area contributed by atoms with Gasteiger partial charge in [-0.3, -0.25) is 0 Å². The monoisotopic (exact) mass is 374 g/mol. The topological polar surface area (TPSA) is 65.3 Å². The number of aliphatic hydroxyl groups is 1. The minimum atomic E-state index is -0.0243. The van der Waals surface area contributed by atoms with Gasteiger partial charge in [0.1, 0.15) is 6.23 Å². The van der Waals surface area contributed by atoms with Crippen LogP contribution in [0, 0.1) is 5.41 Å². The Kier molecular flexibility index (Phi) is 6.48. The Morgan fingerprint density at radius 2 is 2.33 bits per heavy atom. The number of ether oxygens (including phenoxy) is 1. The van der Waals surface area contributed by atoms with Gasteiger partial charge in [-0.25, -0.2) is 0 Å². The molecule has 0 spiro atoms. The molecule has 1 aromatic rings. The fourth-order valence-electron chi connectivity index (χ4n) is 2.45. The smallest absolute Gasteiger partial charge is 0.127 e. The SMILES string of the molecule is N=Cc1c(NC2CCCCO2)cc(Cl)c(CCCO)c1Br. The molecule has 3 N–H and O–H groups in total. The lowest BCUT2D eigenvalue weighted by molar-refractivity contribution is 0.0343. The maximum atomic E-state index is 8.97. The molecule has 1 atom stereocenters. The van der Waals surface area contributed by atoms with Crippen LogP contribution >= 0.6 is 27.5 Å². The lowest BCUT2D eigenvalue weighted by Crippen LogP contribution is -2.27. The van der Waals surface area contributed by atoms with Crippen LogP contribution in [0.3, 0.4) is 0 Å². The van der Waals surface area contributed by atoms with Crippen LogP contribution in [0.15, 0.2) is 10.5 Å². The van der Waals surface area contributed by atoms with Gasteiger partial charge in [-0.1, -0.05) is 11.6 Å². The number of hydrogen-bond donors (Lipinski definition) is 3. The van der Waals surface area contributed by atoms with Gasteiger partial charge in [-0.15, -0.1) is 0 Å². The largest absolute Gasteiger partial charge is 0.396 e. The van der Waals surface area contributed by atoms with E-state index in [1.807, 2.05) is 6.07 Å². The lowest BCUT2D eigenvalue weighted by atomic mass is 10.0. The zero-order chi connectivity index (χ0) is 15.2. The van der Waals surface area contributed by atoms with Gasteiger partial charge in [0.15, 0.2) is 0 Å².